The van der Waals surface area contributed by atoms with Crippen molar-refractivity contribution in [3.63, 3.8) is 0 Å². The summed E-state index contributed by atoms with van der Waals surface area (Å²) in [5.41, 5.74) is 0. The Morgan fingerprint density at radius 3 is 1.70 bits per heavy atom. The SMILES string of the molecule is CCC1[CH-]C(CC)CC1.[Li+]. The summed E-state index contributed by atoms with van der Waals surface area (Å²) in [5.74, 6) is 1.91. The summed E-state index contributed by atoms with van der Waals surface area (Å²) in [5, 5.41) is 0. The van der Waals surface area contributed by atoms with Crippen LogP contribution in [0.5, 0.6) is 0 Å². The van der Waals surface area contributed by atoms with Gasteiger partial charge in [0.1, 0.15) is 0 Å². The minimum atomic E-state index is 0. The quantitative estimate of drug-likeness (QED) is 0.367. The fourth-order valence-corrected chi connectivity index (χ4v) is 1.69. The molecule has 0 radical (unpaired) electrons. The molecule has 2 atom stereocenters. The zero-order valence-electron chi connectivity index (χ0n) is 7.56. The van der Waals surface area contributed by atoms with Crippen LogP contribution in [0.3, 0.4) is 0 Å². The molecule has 0 saturated heterocycles. The Morgan fingerprint density at radius 2 is 1.50 bits per heavy atom. The molecule has 2 unspecified atom stereocenters. The molecule has 0 amide bonds. The van der Waals surface area contributed by atoms with Gasteiger partial charge in [-0.1, -0.05) is 39.5 Å². The Morgan fingerprint density at radius 1 is 1.10 bits per heavy atom. The van der Waals surface area contributed by atoms with Gasteiger partial charge in [0.2, 0.25) is 0 Å². The monoisotopic (exact) mass is 132 g/mol. The van der Waals surface area contributed by atoms with E-state index in [1.807, 2.05) is 0 Å². The van der Waals surface area contributed by atoms with E-state index in [0.29, 0.717) is 0 Å². The molecule has 0 bridgehead atoms. The Bertz CT molecular complexity index is 70.8. The van der Waals surface area contributed by atoms with E-state index >= 15 is 0 Å². The molecule has 0 nitrogen and oxygen atoms in total. The predicted octanol–water partition coefficient (Wildman–Crippen LogP) is 0.0409. The molecule has 0 spiro atoms. The first-order valence-corrected chi connectivity index (χ1v) is 4.21. The standard InChI is InChI=1S/C9H17.Li/c1-3-8-5-6-9(4-2)7-8;/h7-9H,3-6H2,1-2H3;/q-1;+1. The summed E-state index contributed by atoms with van der Waals surface area (Å²) in [6.45, 7) is 4.58. The van der Waals surface area contributed by atoms with Crippen molar-refractivity contribution in [3.8, 4) is 0 Å². The Balaban J connectivity index is 0.000000810. The van der Waals surface area contributed by atoms with E-state index in [1.165, 1.54) is 25.7 Å². The normalized spacial score (nSPS) is 31.8. The van der Waals surface area contributed by atoms with E-state index in [0.717, 1.165) is 11.8 Å². The van der Waals surface area contributed by atoms with Gasteiger partial charge in [0, 0.05) is 0 Å². The van der Waals surface area contributed by atoms with Crippen molar-refractivity contribution >= 4 is 0 Å². The van der Waals surface area contributed by atoms with Gasteiger partial charge in [-0.05, 0) is 0 Å². The first-order chi connectivity index (χ1) is 4.36. The topological polar surface area (TPSA) is 0 Å². The minimum Gasteiger partial charge on any atom is -0.322 e. The van der Waals surface area contributed by atoms with Gasteiger partial charge in [-0.3, -0.25) is 0 Å². The Labute approximate surface area is 77.0 Å². The van der Waals surface area contributed by atoms with E-state index < -0.39 is 0 Å². The van der Waals surface area contributed by atoms with Gasteiger partial charge in [-0.2, -0.15) is 11.8 Å². The Kier molecular flexibility index (Phi) is 5.59. The molecule has 1 aliphatic carbocycles. The summed E-state index contributed by atoms with van der Waals surface area (Å²) in [6, 6.07) is 0. The van der Waals surface area contributed by atoms with Crippen molar-refractivity contribution in [1.29, 1.82) is 0 Å². The van der Waals surface area contributed by atoms with Gasteiger partial charge in [0.15, 0.2) is 0 Å². The van der Waals surface area contributed by atoms with Crippen LogP contribution >= 0.6 is 0 Å². The third kappa shape index (κ3) is 2.68. The van der Waals surface area contributed by atoms with Crippen LogP contribution in [-0.2, 0) is 0 Å². The molecular formula is C9H17Li. The molecule has 0 heterocycles. The minimum absolute atomic E-state index is 0. The van der Waals surface area contributed by atoms with Crippen molar-refractivity contribution in [1.82, 2.24) is 0 Å². The third-order valence-electron chi connectivity index (χ3n) is 2.50. The average molecular weight is 132 g/mol. The summed E-state index contributed by atoms with van der Waals surface area (Å²) in [7, 11) is 0. The number of hydrogen-bond acceptors (Lipinski definition) is 0. The molecule has 1 saturated carbocycles. The molecule has 1 rings (SSSR count). The zero-order valence-corrected chi connectivity index (χ0v) is 7.56. The summed E-state index contributed by atoms with van der Waals surface area (Å²) in [6.07, 6.45) is 8.18. The average Bonchev–Trinajstić information content (AvgIpc) is 2.34. The largest absolute Gasteiger partial charge is 1.00 e. The van der Waals surface area contributed by atoms with E-state index in [-0.39, 0.29) is 18.9 Å². The van der Waals surface area contributed by atoms with Crippen LogP contribution in [0.1, 0.15) is 39.5 Å². The summed E-state index contributed by atoms with van der Waals surface area (Å²) >= 11 is 0. The van der Waals surface area contributed by atoms with Crippen LogP contribution in [0.25, 0.3) is 0 Å². The molecule has 1 heteroatoms. The second-order valence-electron chi connectivity index (χ2n) is 3.11. The molecule has 0 aromatic heterocycles. The molecule has 0 aliphatic heterocycles. The fraction of sp³-hybridized carbons (Fsp3) is 0.889. The molecule has 1 fully saturated rings. The van der Waals surface area contributed by atoms with Gasteiger partial charge >= 0.3 is 18.9 Å². The zero-order chi connectivity index (χ0) is 6.69. The fourth-order valence-electron chi connectivity index (χ4n) is 1.69. The molecule has 10 heavy (non-hydrogen) atoms. The van der Waals surface area contributed by atoms with Crippen LogP contribution in [0.2, 0.25) is 0 Å². The van der Waals surface area contributed by atoms with Crippen molar-refractivity contribution in [3.05, 3.63) is 6.42 Å². The molecule has 1 aliphatic rings. The molecule has 0 aromatic rings. The van der Waals surface area contributed by atoms with Gasteiger partial charge in [0.25, 0.3) is 0 Å². The Hall–Kier alpha value is 0.597. The van der Waals surface area contributed by atoms with E-state index in [2.05, 4.69) is 20.3 Å². The van der Waals surface area contributed by atoms with Crippen LogP contribution < -0.4 is 18.9 Å². The third-order valence-corrected chi connectivity index (χ3v) is 2.50. The second-order valence-corrected chi connectivity index (χ2v) is 3.11. The van der Waals surface area contributed by atoms with Crippen molar-refractivity contribution in [2.24, 2.45) is 11.8 Å². The van der Waals surface area contributed by atoms with Gasteiger partial charge in [-0.15, -0.1) is 0 Å². The van der Waals surface area contributed by atoms with E-state index in [1.54, 1.807) is 0 Å². The summed E-state index contributed by atoms with van der Waals surface area (Å²) in [4.78, 5) is 0. The van der Waals surface area contributed by atoms with E-state index in [9.17, 15) is 0 Å². The van der Waals surface area contributed by atoms with Gasteiger partial charge < -0.3 is 6.42 Å². The van der Waals surface area contributed by atoms with Crippen molar-refractivity contribution in [2.75, 3.05) is 0 Å². The van der Waals surface area contributed by atoms with Crippen LogP contribution in [-0.4, -0.2) is 0 Å². The maximum Gasteiger partial charge on any atom is 1.00 e. The van der Waals surface area contributed by atoms with Crippen LogP contribution in [0.15, 0.2) is 0 Å². The second kappa shape index (κ2) is 5.27. The molecular weight excluding hydrogens is 115 g/mol. The van der Waals surface area contributed by atoms with E-state index in [4.69, 9.17) is 0 Å². The predicted molar refractivity (Wildman–Crippen MR) is 41.1 cm³/mol. The van der Waals surface area contributed by atoms with Crippen molar-refractivity contribution < 1.29 is 18.9 Å². The maximum atomic E-state index is 2.56. The number of hydrogen-bond donors (Lipinski definition) is 0. The van der Waals surface area contributed by atoms with Crippen LogP contribution in [0.4, 0.5) is 0 Å². The van der Waals surface area contributed by atoms with Crippen molar-refractivity contribution in [2.45, 2.75) is 39.5 Å². The van der Waals surface area contributed by atoms with Gasteiger partial charge in [0.05, 0.1) is 0 Å². The first kappa shape index (κ1) is 10.6. The molecule has 0 N–H and O–H groups in total. The summed E-state index contributed by atoms with van der Waals surface area (Å²) < 4.78 is 0. The van der Waals surface area contributed by atoms with Crippen LogP contribution in [0, 0.1) is 18.3 Å². The molecule has 0 aromatic carbocycles. The number of rotatable bonds is 2. The molecule has 54 valence electrons. The first-order valence-electron chi connectivity index (χ1n) is 4.21. The van der Waals surface area contributed by atoms with Gasteiger partial charge in [-0.25, -0.2) is 0 Å². The smallest absolute Gasteiger partial charge is 0.322 e. The maximum absolute atomic E-state index is 2.56.